The van der Waals surface area contributed by atoms with Gasteiger partial charge in [-0.15, -0.1) is 0 Å². The molecule has 1 N–H and O–H groups in total. The number of benzene rings is 2. The number of rotatable bonds is 9. The number of nitrogens with one attached hydrogen (secondary N) is 1. The van der Waals surface area contributed by atoms with Gasteiger partial charge in [-0.3, -0.25) is 4.79 Å². The lowest BCUT2D eigenvalue weighted by molar-refractivity contribution is -0.130. The Morgan fingerprint density at radius 3 is 2.81 bits per heavy atom. The van der Waals surface area contributed by atoms with E-state index in [-0.39, 0.29) is 18.5 Å². The minimum atomic E-state index is -0.275. The summed E-state index contributed by atoms with van der Waals surface area (Å²) in [5, 5.41) is 12.3. The lowest BCUT2D eigenvalue weighted by atomic mass is 10.2. The van der Waals surface area contributed by atoms with Crippen molar-refractivity contribution in [1.29, 1.82) is 5.26 Å². The van der Waals surface area contributed by atoms with E-state index in [1.54, 1.807) is 11.2 Å². The number of hydrogen-bond donors (Lipinski definition) is 1. The third-order valence-electron chi connectivity index (χ3n) is 5.45. The maximum atomic E-state index is 12.3. The fourth-order valence-electron chi connectivity index (χ4n) is 3.73. The predicted octanol–water partition coefficient (Wildman–Crippen LogP) is 3.57. The van der Waals surface area contributed by atoms with E-state index in [0.717, 1.165) is 35.4 Å². The molecule has 3 aromatic rings. The third kappa shape index (κ3) is 5.54. The molecule has 7 heteroatoms. The van der Waals surface area contributed by atoms with Crippen LogP contribution in [-0.4, -0.2) is 41.5 Å². The summed E-state index contributed by atoms with van der Waals surface area (Å²) < 4.78 is 11.4. The van der Waals surface area contributed by atoms with E-state index >= 15 is 0 Å². The molecule has 1 fully saturated rings. The fourth-order valence-corrected chi connectivity index (χ4v) is 3.73. The molecular weight excluding hydrogens is 404 g/mol. The average molecular weight is 431 g/mol. The number of likely N-dealkylation sites (tertiary alicyclic amines) is 1. The first-order valence-corrected chi connectivity index (χ1v) is 10.8. The highest BCUT2D eigenvalue weighted by atomic mass is 16.5. The van der Waals surface area contributed by atoms with Crippen LogP contribution in [0.25, 0.3) is 11.5 Å². The minimum Gasteiger partial charge on any atom is -0.493 e. The first kappa shape index (κ1) is 21.6. The number of amides is 1. The molecule has 7 nitrogen and oxygen atoms in total. The van der Waals surface area contributed by atoms with Crippen LogP contribution in [0, 0.1) is 11.3 Å². The molecule has 0 radical (unpaired) electrons. The highest BCUT2D eigenvalue weighted by Crippen LogP contribution is 2.19. The van der Waals surface area contributed by atoms with E-state index in [9.17, 15) is 4.79 Å². The van der Waals surface area contributed by atoms with Crippen molar-refractivity contribution in [2.24, 2.45) is 0 Å². The molecule has 1 aliphatic rings. The van der Waals surface area contributed by atoms with Crippen LogP contribution in [0.3, 0.4) is 0 Å². The molecule has 0 saturated carbocycles. The number of carbonyl (C=O) groups excluding carboxylic acids is 1. The quantitative estimate of drug-likeness (QED) is 0.558. The number of nitrogens with zero attached hydrogens (tertiary/aromatic N) is 3. The molecule has 2 heterocycles. The van der Waals surface area contributed by atoms with Crippen LogP contribution in [-0.2, 0) is 17.8 Å². The summed E-state index contributed by atoms with van der Waals surface area (Å²) in [5.41, 5.74) is 2.87. The van der Waals surface area contributed by atoms with Crippen molar-refractivity contribution in [3.8, 4) is 23.3 Å². The molecule has 164 valence electrons. The Bertz CT molecular complexity index is 1060. The van der Waals surface area contributed by atoms with Crippen molar-refractivity contribution in [2.75, 3.05) is 19.7 Å². The Morgan fingerprint density at radius 1 is 1.22 bits per heavy atom. The second-order valence-electron chi connectivity index (χ2n) is 7.73. The molecule has 0 unspecified atom stereocenters. The van der Waals surface area contributed by atoms with Crippen LogP contribution in [0.5, 0.6) is 5.75 Å². The van der Waals surface area contributed by atoms with E-state index in [1.807, 2.05) is 54.6 Å². The van der Waals surface area contributed by atoms with Gasteiger partial charge in [0.05, 0.1) is 24.9 Å². The zero-order chi connectivity index (χ0) is 22.2. The lowest BCUT2D eigenvalue weighted by Gasteiger charge is -2.19. The average Bonchev–Trinajstić information content (AvgIpc) is 3.50. The Kier molecular flexibility index (Phi) is 7.15. The molecule has 0 spiro atoms. The standard InChI is InChI=1S/C25H26N4O3/c26-15-22-7-4-13-29(22)24(30)17-27-16-19-8-10-23(11-9-19)31-14-12-21-18-32-25(28-21)20-5-2-1-3-6-20/h1-3,5-6,8-11,18,22,27H,4,7,12-14,16-17H2/t22-/m0/s1. The normalized spacial score (nSPS) is 15.5. The second-order valence-corrected chi connectivity index (χ2v) is 7.73. The number of carbonyl (C=O) groups is 1. The van der Waals surface area contributed by atoms with Gasteiger partial charge in [0.15, 0.2) is 0 Å². The van der Waals surface area contributed by atoms with Crippen LogP contribution >= 0.6 is 0 Å². The largest absolute Gasteiger partial charge is 0.493 e. The van der Waals surface area contributed by atoms with E-state index in [0.29, 0.717) is 32.0 Å². The van der Waals surface area contributed by atoms with Crippen molar-refractivity contribution in [3.05, 3.63) is 72.1 Å². The molecule has 32 heavy (non-hydrogen) atoms. The highest BCUT2D eigenvalue weighted by Gasteiger charge is 2.27. The van der Waals surface area contributed by atoms with Crippen LogP contribution < -0.4 is 10.1 Å². The zero-order valence-electron chi connectivity index (χ0n) is 17.9. The van der Waals surface area contributed by atoms with Crippen molar-refractivity contribution < 1.29 is 13.9 Å². The maximum Gasteiger partial charge on any atom is 0.237 e. The molecule has 4 rings (SSSR count). The van der Waals surface area contributed by atoms with Gasteiger partial charge < -0.3 is 19.4 Å². The van der Waals surface area contributed by atoms with Crippen LogP contribution in [0.4, 0.5) is 0 Å². The smallest absolute Gasteiger partial charge is 0.237 e. The number of aromatic nitrogens is 1. The maximum absolute atomic E-state index is 12.3. The number of oxazole rings is 1. The minimum absolute atomic E-state index is 0.0164. The Morgan fingerprint density at radius 2 is 2.03 bits per heavy atom. The number of ether oxygens (including phenoxy) is 1. The van der Waals surface area contributed by atoms with Crippen LogP contribution in [0.15, 0.2) is 65.3 Å². The SMILES string of the molecule is N#C[C@@H]1CCCN1C(=O)CNCc1ccc(OCCc2coc(-c3ccccc3)n2)cc1. The van der Waals surface area contributed by atoms with E-state index in [1.165, 1.54) is 0 Å². The molecule has 2 aromatic carbocycles. The fraction of sp³-hybridized carbons (Fsp3) is 0.320. The summed E-state index contributed by atoms with van der Waals surface area (Å²) in [5.74, 6) is 1.38. The molecule has 0 bridgehead atoms. The van der Waals surface area contributed by atoms with Gasteiger partial charge in [-0.05, 0) is 42.7 Å². The molecule has 1 saturated heterocycles. The van der Waals surface area contributed by atoms with Gasteiger partial charge in [0.1, 0.15) is 18.1 Å². The van der Waals surface area contributed by atoms with Crippen molar-refractivity contribution >= 4 is 5.91 Å². The van der Waals surface area contributed by atoms with Gasteiger partial charge in [-0.1, -0.05) is 30.3 Å². The van der Waals surface area contributed by atoms with Gasteiger partial charge in [-0.25, -0.2) is 4.98 Å². The number of hydrogen-bond acceptors (Lipinski definition) is 6. The third-order valence-corrected chi connectivity index (χ3v) is 5.45. The molecule has 1 aromatic heterocycles. The second kappa shape index (κ2) is 10.6. The summed E-state index contributed by atoms with van der Waals surface area (Å²) in [4.78, 5) is 18.4. The molecule has 1 atom stereocenters. The van der Waals surface area contributed by atoms with Crippen molar-refractivity contribution in [1.82, 2.24) is 15.2 Å². The number of nitriles is 1. The monoisotopic (exact) mass is 430 g/mol. The van der Waals surface area contributed by atoms with Crippen molar-refractivity contribution in [2.45, 2.75) is 31.8 Å². The van der Waals surface area contributed by atoms with E-state index in [2.05, 4.69) is 16.4 Å². The predicted molar refractivity (Wildman–Crippen MR) is 120 cm³/mol. The lowest BCUT2D eigenvalue weighted by Crippen LogP contribution is -2.40. The van der Waals surface area contributed by atoms with Gasteiger partial charge in [-0.2, -0.15) is 5.26 Å². The summed E-state index contributed by atoms with van der Waals surface area (Å²) in [6, 6.07) is 19.5. The molecule has 1 amide bonds. The van der Waals surface area contributed by atoms with Gasteiger partial charge in [0.25, 0.3) is 0 Å². The molecular formula is C25H26N4O3. The Balaban J connectivity index is 1.18. The van der Waals surface area contributed by atoms with E-state index in [4.69, 9.17) is 14.4 Å². The summed E-state index contributed by atoms with van der Waals surface area (Å²) in [6.45, 7) is 1.99. The summed E-state index contributed by atoms with van der Waals surface area (Å²) >= 11 is 0. The molecule has 1 aliphatic heterocycles. The first-order chi connectivity index (χ1) is 15.7. The highest BCUT2D eigenvalue weighted by molar-refractivity contribution is 5.79. The van der Waals surface area contributed by atoms with Gasteiger partial charge in [0.2, 0.25) is 11.8 Å². The van der Waals surface area contributed by atoms with Crippen molar-refractivity contribution in [3.63, 3.8) is 0 Å². The Hall–Kier alpha value is -3.63. The van der Waals surface area contributed by atoms with Crippen LogP contribution in [0.2, 0.25) is 0 Å². The molecule has 0 aliphatic carbocycles. The summed E-state index contributed by atoms with van der Waals surface area (Å²) in [7, 11) is 0. The Labute approximate surface area is 187 Å². The van der Waals surface area contributed by atoms with Gasteiger partial charge in [0, 0.05) is 25.1 Å². The van der Waals surface area contributed by atoms with Crippen LogP contribution in [0.1, 0.15) is 24.1 Å². The van der Waals surface area contributed by atoms with Gasteiger partial charge >= 0.3 is 0 Å². The zero-order valence-corrected chi connectivity index (χ0v) is 17.9. The van der Waals surface area contributed by atoms with E-state index < -0.39 is 0 Å². The summed E-state index contributed by atoms with van der Waals surface area (Å²) in [6.07, 6.45) is 4.00. The first-order valence-electron chi connectivity index (χ1n) is 10.8. The topological polar surface area (TPSA) is 91.4 Å².